The number of halogens is 1. The monoisotopic (exact) mass is 284 g/mol. The topological polar surface area (TPSA) is 62.3 Å². The summed E-state index contributed by atoms with van der Waals surface area (Å²) < 4.78 is 13.7. The number of hydrogen-bond donors (Lipinski definition) is 1. The first-order valence-corrected chi connectivity index (χ1v) is 6.85. The van der Waals surface area contributed by atoms with Gasteiger partial charge in [-0.1, -0.05) is 13.8 Å². The lowest BCUT2D eigenvalue weighted by atomic mass is 9.74. The molecule has 0 amide bonds. The fraction of sp³-hybridized carbons (Fsp3) is 0.312. The van der Waals surface area contributed by atoms with Gasteiger partial charge in [0.15, 0.2) is 11.6 Å². The van der Waals surface area contributed by atoms with Gasteiger partial charge in [0.1, 0.15) is 12.4 Å². The van der Waals surface area contributed by atoms with Crippen LogP contribution in [0, 0.1) is 11.2 Å². The van der Waals surface area contributed by atoms with E-state index in [4.69, 9.17) is 0 Å². The summed E-state index contributed by atoms with van der Waals surface area (Å²) in [6.45, 7) is 3.73. The minimum absolute atomic E-state index is 0.00623. The maximum Gasteiger partial charge on any atom is 0.185 e. The Balaban J connectivity index is 2.20. The van der Waals surface area contributed by atoms with Crippen LogP contribution in [0.15, 0.2) is 17.1 Å². The third-order valence-corrected chi connectivity index (χ3v) is 4.32. The van der Waals surface area contributed by atoms with Crippen LogP contribution < -0.4 is 0 Å². The fourth-order valence-corrected chi connectivity index (χ4v) is 3.29. The number of ketones is 2. The number of rotatable bonds is 0. The van der Waals surface area contributed by atoms with E-state index in [1.54, 1.807) is 0 Å². The molecular weight excluding hydrogens is 271 g/mol. The number of aromatic amines is 1. The quantitative estimate of drug-likeness (QED) is 0.808. The predicted octanol–water partition coefficient (Wildman–Crippen LogP) is 2.91. The van der Waals surface area contributed by atoms with Crippen molar-refractivity contribution in [2.75, 3.05) is 6.54 Å². The van der Waals surface area contributed by atoms with Gasteiger partial charge in [-0.3, -0.25) is 14.6 Å². The molecule has 2 aliphatic rings. The molecule has 1 aromatic heterocycles. The lowest BCUT2D eigenvalue weighted by molar-refractivity contribution is 0.0835. The van der Waals surface area contributed by atoms with E-state index < -0.39 is 11.2 Å². The molecule has 0 fully saturated rings. The number of hydrogen-bond acceptors (Lipinski definition) is 3. The van der Waals surface area contributed by atoms with Gasteiger partial charge in [-0.05, 0) is 12.1 Å². The number of nitrogens with one attached hydrogen (secondary N) is 1. The van der Waals surface area contributed by atoms with E-state index in [9.17, 15) is 14.0 Å². The summed E-state index contributed by atoms with van der Waals surface area (Å²) in [5.41, 5.74) is 2.13. The second-order valence-corrected chi connectivity index (χ2v) is 6.33. The number of Topliss-reactive ketones (excluding diaryl/α,β-unsaturated/α-hetero) is 2. The number of nitrogens with zero attached hydrogens (tertiary/aromatic N) is 1. The third-order valence-electron chi connectivity index (χ3n) is 4.32. The highest BCUT2D eigenvalue weighted by molar-refractivity contribution is 6.28. The van der Waals surface area contributed by atoms with Crippen LogP contribution in [0.1, 0.15) is 46.7 Å². The molecule has 0 unspecified atom stereocenters. The molecule has 2 heterocycles. The van der Waals surface area contributed by atoms with E-state index in [1.165, 1.54) is 12.1 Å². The van der Waals surface area contributed by atoms with Gasteiger partial charge in [0.2, 0.25) is 0 Å². The molecule has 0 saturated heterocycles. The van der Waals surface area contributed by atoms with Crippen molar-refractivity contribution in [2.45, 2.75) is 20.3 Å². The first kappa shape index (κ1) is 12.4. The Kier molecular flexibility index (Phi) is 2.17. The van der Waals surface area contributed by atoms with Gasteiger partial charge in [-0.15, -0.1) is 0 Å². The Morgan fingerprint density at radius 1 is 1.29 bits per heavy atom. The summed E-state index contributed by atoms with van der Waals surface area (Å²) in [7, 11) is 0. The van der Waals surface area contributed by atoms with Crippen LogP contribution in [-0.2, 0) is 0 Å². The SMILES string of the molecule is CC1(C)CC2=NCC(=O)c3cc(F)cc4[nH]c(c2c34)C1=O. The summed E-state index contributed by atoms with van der Waals surface area (Å²) in [4.78, 5) is 32.2. The standard InChI is InChI=1S/C16H13FN2O2/c1-16(2)5-10-13-12-8(11(20)6-18-10)3-7(17)4-9(12)19-14(13)15(16)21/h3-4,19H,5-6H2,1-2H3. The Labute approximate surface area is 120 Å². The molecule has 5 heteroatoms. The second kappa shape index (κ2) is 3.67. The molecule has 1 aromatic carbocycles. The Morgan fingerprint density at radius 2 is 2.05 bits per heavy atom. The van der Waals surface area contributed by atoms with Crippen molar-refractivity contribution in [1.82, 2.24) is 4.98 Å². The van der Waals surface area contributed by atoms with E-state index in [0.29, 0.717) is 34.1 Å². The summed E-state index contributed by atoms with van der Waals surface area (Å²) in [6.07, 6.45) is 0.496. The Morgan fingerprint density at radius 3 is 2.81 bits per heavy atom. The average molecular weight is 284 g/mol. The van der Waals surface area contributed by atoms with Crippen LogP contribution in [-0.4, -0.2) is 28.8 Å². The Hall–Kier alpha value is -2.30. The smallest absolute Gasteiger partial charge is 0.185 e. The molecule has 4 nitrogen and oxygen atoms in total. The average Bonchev–Trinajstić information content (AvgIpc) is 2.72. The predicted molar refractivity (Wildman–Crippen MR) is 76.7 cm³/mol. The number of H-pyrrole nitrogens is 1. The molecule has 0 radical (unpaired) electrons. The van der Waals surface area contributed by atoms with Crippen LogP contribution in [0.25, 0.3) is 10.9 Å². The van der Waals surface area contributed by atoms with Gasteiger partial charge in [-0.2, -0.15) is 0 Å². The molecule has 106 valence electrons. The lowest BCUT2D eigenvalue weighted by Crippen LogP contribution is -2.34. The van der Waals surface area contributed by atoms with Gasteiger partial charge in [0.25, 0.3) is 0 Å². The molecule has 0 spiro atoms. The number of carbonyl (C=O) groups is 2. The van der Waals surface area contributed by atoms with Crippen LogP contribution in [0.2, 0.25) is 0 Å². The van der Waals surface area contributed by atoms with Crippen LogP contribution in [0.5, 0.6) is 0 Å². The minimum atomic E-state index is -0.571. The third kappa shape index (κ3) is 1.51. The van der Waals surface area contributed by atoms with E-state index in [-0.39, 0.29) is 18.1 Å². The van der Waals surface area contributed by atoms with Crippen molar-refractivity contribution >= 4 is 28.2 Å². The van der Waals surface area contributed by atoms with Crippen molar-refractivity contribution in [3.63, 3.8) is 0 Å². The molecule has 0 atom stereocenters. The van der Waals surface area contributed by atoms with E-state index in [0.717, 1.165) is 5.71 Å². The van der Waals surface area contributed by atoms with Crippen molar-refractivity contribution < 1.29 is 14.0 Å². The fourth-order valence-electron chi connectivity index (χ4n) is 3.29. The van der Waals surface area contributed by atoms with Crippen molar-refractivity contribution in [1.29, 1.82) is 0 Å². The minimum Gasteiger partial charge on any atom is -0.351 e. The molecule has 2 aromatic rings. The van der Waals surface area contributed by atoms with Gasteiger partial charge < -0.3 is 4.98 Å². The highest BCUT2D eigenvalue weighted by Gasteiger charge is 2.41. The second-order valence-electron chi connectivity index (χ2n) is 6.33. The van der Waals surface area contributed by atoms with E-state index >= 15 is 0 Å². The molecule has 1 aliphatic heterocycles. The van der Waals surface area contributed by atoms with Crippen molar-refractivity contribution in [2.24, 2.45) is 10.4 Å². The molecule has 0 bridgehead atoms. The lowest BCUT2D eigenvalue weighted by Gasteiger charge is -2.28. The van der Waals surface area contributed by atoms with Crippen molar-refractivity contribution in [3.8, 4) is 0 Å². The Bertz CT molecular complexity index is 874. The first-order chi connectivity index (χ1) is 9.88. The van der Waals surface area contributed by atoms with Crippen LogP contribution in [0.4, 0.5) is 4.39 Å². The zero-order valence-corrected chi connectivity index (χ0v) is 11.7. The van der Waals surface area contributed by atoms with Crippen LogP contribution >= 0.6 is 0 Å². The summed E-state index contributed by atoms with van der Waals surface area (Å²) in [5.74, 6) is -0.721. The number of carbonyl (C=O) groups excluding carboxylic acids is 2. The van der Waals surface area contributed by atoms with Crippen LogP contribution in [0.3, 0.4) is 0 Å². The normalized spacial score (nSPS) is 19.7. The van der Waals surface area contributed by atoms with Crippen molar-refractivity contribution in [3.05, 3.63) is 34.8 Å². The van der Waals surface area contributed by atoms with Gasteiger partial charge in [0.05, 0.1) is 11.2 Å². The maximum absolute atomic E-state index is 13.7. The molecular formula is C16H13FN2O2. The van der Waals surface area contributed by atoms with E-state index in [2.05, 4.69) is 9.98 Å². The van der Waals surface area contributed by atoms with Gasteiger partial charge >= 0.3 is 0 Å². The molecule has 21 heavy (non-hydrogen) atoms. The summed E-state index contributed by atoms with van der Waals surface area (Å²) >= 11 is 0. The molecule has 0 saturated carbocycles. The largest absolute Gasteiger partial charge is 0.351 e. The number of aromatic nitrogens is 1. The van der Waals surface area contributed by atoms with Gasteiger partial charge in [0, 0.05) is 34.1 Å². The highest BCUT2D eigenvalue weighted by Crippen LogP contribution is 2.40. The molecule has 4 rings (SSSR count). The summed E-state index contributed by atoms with van der Waals surface area (Å²) in [5, 5.41) is 0.636. The van der Waals surface area contributed by atoms with Gasteiger partial charge in [-0.25, -0.2) is 4.39 Å². The molecule has 1 aliphatic carbocycles. The zero-order chi connectivity index (χ0) is 14.9. The summed E-state index contributed by atoms with van der Waals surface area (Å²) in [6, 6.07) is 2.56. The molecule has 1 N–H and O–H groups in total. The zero-order valence-electron chi connectivity index (χ0n) is 11.7. The maximum atomic E-state index is 13.7. The first-order valence-electron chi connectivity index (χ1n) is 6.85. The highest BCUT2D eigenvalue weighted by atomic mass is 19.1. The van der Waals surface area contributed by atoms with E-state index in [1.807, 2.05) is 13.8 Å². The number of aliphatic imine (C=N–C) groups is 1. The number of benzene rings is 1.